The second-order valence-electron chi connectivity index (χ2n) is 9.46. The minimum Gasteiger partial charge on any atom is -0.478 e. The Morgan fingerprint density at radius 3 is 2.31 bits per heavy atom. The van der Waals surface area contributed by atoms with Gasteiger partial charge in [-0.25, -0.2) is 4.79 Å². The second-order valence-corrected chi connectivity index (χ2v) is 9.46. The van der Waals surface area contributed by atoms with Crippen LogP contribution in [0, 0.1) is 17.8 Å². The quantitative estimate of drug-likeness (QED) is 0.172. The van der Waals surface area contributed by atoms with Crippen LogP contribution in [0.4, 0.5) is 0 Å². The van der Waals surface area contributed by atoms with Gasteiger partial charge in [0, 0.05) is 11.8 Å². The van der Waals surface area contributed by atoms with Crippen molar-refractivity contribution in [2.45, 2.75) is 81.0 Å². The number of carbonyl (C=O) groups is 1. The number of carboxylic acids is 1. The Balaban J connectivity index is 1.43. The number of hydrogen-bond donors (Lipinski definition) is 8. The Bertz CT molecular complexity index is 792. The molecule has 0 unspecified atom stereocenters. The number of fused-ring (bicyclic) bond motifs is 1. The molecule has 8 N–H and O–H groups in total. The zero-order valence-corrected chi connectivity index (χ0v) is 18.8. The summed E-state index contributed by atoms with van der Waals surface area (Å²) in [6.07, 6.45) is -14.3. The van der Waals surface area contributed by atoms with Crippen molar-refractivity contribution in [3.05, 3.63) is 11.8 Å². The molecular formula is C21H32O14. The molecule has 3 fully saturated rings. The smallest absolute Gasteiger partial charge is 0.334 e. The SMILES string of the molecule is C[C@@H]1[C@H]2[C@H](O[C@@H]3O[C@H](CO[C@@H]4OC[C@@H](O)[C@H](O)[C@H]4O)[C@@H](O)[C@H](O)[C@H]3O)OC=C(C(=O)O)[C@H]2C[C@@H]1O. The average molecular weight is 508 g/mol. The van der Waals surface area contributed by atoms with Crippen molar-refractivity contribution in [2.24, 2.45) is 17.8 Å². The summed E-state index contributed by atoms with van der Waals surface area (Å²) >= 11 is 0. The van der Waals surface area contributed by atoms with Crippen LogP contribution < -0.4 is 0 Å². The van der Waals surface area contributed by atoms with Gasteiger partial charge in [0.2, 0.25) is 6.29 Å². The van der Waals surface area contributed by atoms with Crippen molar-refractivity contribution in [2.75, 3.05) is 13.2 Å². The summed E-state index contributed by atoms with van der Waals surface area (Å²) in [7, 11) is 0. The molecule has 4 aliphatic rings. The molecule has 3 heterocycles. The molecule has 3 aliphatic heterocycles. The zero-order valence-electron chi connectivity index (χ0n) is 18.8. The van der Waals surface area contributed by atoms with E-state index in [2.05, 4.69) is 0 Å². The van der Waals surface area contributed by atoms with Crippen molar-refractivity contribution in [3.8, 4) is 0 Å². The molecule has 1 aliphatic carbocycles. The minimum atomic E-state index is -1.72. The third-order valence-electron chi connectivity index (χ3n) is 7.28. The minimum absolute atomic E-state index is 0.0107. The predicted molar refractivity (Wildman–Crippen MR) is 109 cm³/mol. The summed E-state index contributed by atoms with van der Waals surface area (Å²) in [4.78, 5) is 11.6. The summed E-state index contributed by atoms with van der Waals surface area (Å²) in [6, 6.07) is 0. The number of aliphatic carboxylic acids is 1. The Kier molecular flexibility index (Phi) is 8.00. The van der Waals surface area contributed by atoms with Gasteiger partial charge < -0.3 is 64.5 Å². The first-order valence-electron chi connectivity index (χ1n) is 11.4. The topological polar surface area (TPSA) is 225 Å². The molecule has 2 saturated heterocycles. The Hall–Kier alpha value is -1.43. The molecule has 14 heteroatoms. The monoisotopic (exact) mass is 508 g/mol. The van der Waals surface area contributed by atoms with Gasteiger partial charge in [-0.3, -0.25) is 0 Å². The summed E-state index contributed by atoms with van der Waals surface area (Å²) in [5, 5.41) is 80.2. The Morgan fingerprint density at radius 2 is 1.63 bits per heavy atom. The van der Waals surface area contributed by atoms with Crippen molar-refractivity contribution in [1.29, 1.82) is 0 Å². The highest BCUT2D eigenvalue weighted by atomic mass is 16.8. The van der Waals surface area contributed by atoms with Gasteiger partial charge in [0.1, 0.15) is 42.7 Å². The molecule has 14 nitrogen and oxygen atoms in total. The number of aliphatic hydroxyl groups is 7. The van der Waals surface area contributed by atoms with E-state index in [0.29, 0.717) is 0 Å². The molecule has 0 amide bonds. The third kappa shape index (κ3) is 5.06. The van der Waals surface area contributed by atoms with Gasteiger partial charge in [-0.05, 0) is 12.3 Å². The van der Waals surface area contributed by atoms with Crippen LogP contribution in [0.3, 0.4) is 0 Å². The van der Waals surface area contributed by atoms with Gasteiger partial charge in [-0.1, -0.05) is 6.92 Å². The molecule has 0 aromatic carbocycles. The van der Waals surface area contributed by atoms with Crippen molar-refractivity contribution < 1.29 is 69.3 Å². The Morgan fingerprint density at radius 1 is 0.943 bits per heavy atom. The Labute approximate surface area is 199 Å². The van der Waals surface area contributed by atoms with Crippen LogP contribution in [0.5, 0.6) is 0 Å². The van der Waals surface area contributed by atoms with Gasteiger partial charge in [-0.2, -0.15) is 0 Å². The fourth-order valence-electron chi connectivity index (χ4n) is 5.09. The number of rotatable bonds is 6. The van der Waals surface area contributed by atoms with Crippen LogP contribution in [0.1, 0.15) is 13.3 Å². The van der Waals surface area contributed by atoms with Gasteiger partial charge >= 0.3 is 5.97 Å². The molecule has 0 bridgehead atoms. The molecule has 4 rings (SSSR count). The van der Waals surface area contributed by atoms with Crippen LogP contribution >= 0.6 is 0 Å². The first-order chi connectivity index (χ1) is 16.5. The lowest BCUT2D eigenvalue weighted by atomic mass is 9.83. The van der Waals surface area contributed by atoms with E-state index in [4.69, 9.17) is 23.7 Å². The fourth-order valence-corrected chi connectivity index (χ4v) is 5.09. The first kappa shape index (κ1) is 26.6. The lowest BCUT2D eigenvalue weighted by Crippen LogP contribution is -2.61. The zero-order chi connectivity index (χ0) is 25.6. The van der Waals surface area contributed by atoms with Gasteiger partial charge in [0.15, 0.2) is 12.6 Å². The summed E-state index contributed by atoms with van der Waals surface area (Å²) < 4.78 is 27.4. The maximum Gasteiger partial charge on any atom is 0.334 e. The molecule has 0 aromatic rings. The molecular weight excluding hydrogens is 476 g/mol. The predicted octanol–water partition coefficient (Wildman–Crippen LogP) is -3.78. The lowest BCUT2D eigenvalue weighted by molar-refractivity contribution is -0.351. The molecule has 200 valence electrons. The molecule has 0 aromatic heterocycles. The maximum absolute atomic E-state index is 11.6. The van der Waals surface area contributed by atoms with E-state index in [9.17, 15) is 45.6 Å². The maximum atomic E-state index is 11.6. The first-order valence-corrected chi connectivity index (χ1v) is 11.4. The summed E-state index contributed by atoms with van der Waals surface area (Å²) in [5.74, 6) is -2.75. The van der Waals surface area contributed by atoms with Crippen LogP contribution in [0.2, 0.25) is 0 Å². The average Bonchev–Trinajstić information content (AvgIpc) is 3.12. The highest BCUT2D eigenvalue weighted by molar-refractivity contribution is 5.87. The van der Waals surface area contributed by atoms with E-state index in [-0.39, 0.29) is 18.6 Å². The van der Waals surface area contributed by atoms with Gasteiger partial charge in [0.05, 0.1) is 31.2 Å². The van der Waals surface area contributed by atoms with Crippen molar-refractivity contribution in [3.63, 3.8) is 0 Å². The van der Waals surface area contributed by atoms with E-state index in [1.807, 2.05) is 0 Å². The molecule has 14 atom stereocenters. The molecule has 0 radical (unpaired) electrons. The van der Waals surface area contributed by atoms with Crippen molar-refractivity contribution >= 4 is 5.97 Å². The highest BCUT2D eigenvalue weighted by Crippen LogP contribution is 2.47. The number of hydrogen-bond acceptors (Lipinski definition) is 13. The molecule has 1 saturated carbocycles. The van der Waals surface area contributed by atoms with Crippen LogP contribution in [-0.2, 0) is 28.5 Å². The molecule has 0 spiro atoms. The third-order valence-corrected chi connectivity index (χ3v) is 7.28. The van der Waals surface area contributed by atoms with E-state index >= 15 is 0 Å². The van der Waals surface area contributed by atoms with Gasteiger partial charge in [0.25, 0.3) is 0 Å². The van der Waals surface area contributed by atoms with E-state index in [0.717, 1.165) is 6.26 Å². The standard InChI is InChI=1S/C21H32O14/c1-6-9(22)2-7-8(18(29)30)3-31-19(12(6)7)35-21-17(28)15(26)14(25)11(34-21)5-33-20-16(27)13(24)10(23)4-32-20/h3,6-7,9-17,19-28H,2,4-5H2,1H3,(H,29,30)/t6-,7+,9-,10+,11+,12+,13-,14+,15-,16+,17+,19-,20-,21-/m0/s1. The van der Waals surface area contributed by atoms with Gasteiger partial charge in [-0.15, -0.1) is 0 Å². The number of ether oxygens (including phenoxy) is 5. The summed E-state index contributed by atoms with van der Waals surface area (Å²) in [6.45, 7) is 0.959. The van der Waals surface area contributed by atoms with E-state index in [1.54, 1.807) is 6.92 Å². The van der Waals surface area contributed by atoms with Crippen LogP contribution in [0.25, 0.3) is 0 Å². The number of aliphatic hydroxyl groups excluding tert-OH is 7. The highest BCUT2D eigenvalue weighted by Gasteiger charge is 2.53. The lowest BCUT2D eigenvalue weighted by Gasteiger charge is -2.43. The fraction of sp³-hybridized carbons (Fsp3) is 0.857. The largest absolute Gasteiger partial charge is 0.478 e. The second kappa shape index (κ2) is 10.5. The summed E-state index contributed by atoms with van der Waals surface area (Å²) in [5.41, 5.74) is -0.0107. The van der Waals surface area contributed by atoms with E-state index < -0.39 is 98.0 Å². The molecule has 35 heavy (non-hydrogen) atoms. The van der Waals surface area contributed by atoms with Crippen LogP contribution in [0.15, 0.2) is 11.8 Å². The number of carboxylic acid groups (broad SMARTS) is 1. The van der Waals surface area contributed by atoms with E-state index in [1.165, 1.54) is 0 Å². The van der Waals surface area contributed by atoms with Crippen molar-refractivity contribution in [1.82, 2.24) is 0 Å². The normalized spacial score (nSPS) is 50.2. The van der Waals surface area contributed by atoms with Crippen LogP contribution in [-0.4, -0.2) is 128 Å².